The first-order valence-electron chi connectivity index (χ1n) is 6.44. The van der Waals surface area contributed by atoms with Gasteiger partial charge in [0.05, 0.1) is 6.54 Å². The van der Waals surface area contributed by atoms with Crippen LogP contribution in [-0.2, 0) is 13.6 Å². The van der Waals surface area contributed by atoms with Crippen LogP contribution in [0.2, 0.25) is 0 Å². The minimum Gasteiger partial charge on any atom is -0.361 e. The van der Waals surface area contributed by atoms with E-state index in [4.69, 9.17) is 4.52 Å². The average Bonchev–Trinajstić information content (AvgIpc) is 3.02. The van der Waals surface area contributed by atoms with Crippen molar-refractivity contribution in [3.63, 3.8) is 0 Å². The zero-order chi connectivity index (χ0) is 15.6. The highest BCUT2D eigenvalue weighted by molar-refractivity contribution is 5.92. The second kappa shape index (κ2) is 6.02. The monoisotopic (exact) mass is 298 g/mol. The van der Waals surface area contributed by atoms with Crippen LogP contribution in [0.1, 0.15) is 53.8 Å². The molecule has 2 aromatic heterocycles. The molecule has 2 rings (SSSR count). The number of amides is 1. The van der Waals surface area contributed by atoms with Gasteiger partial charge in [-0.1, -0.05) is 19.0 Å². The molecule has 8 heteroatoms. The molecule has 2 aromatic rings. The molecule has 0 fully saturated rings. The Balaban J connectivity index is 2.01. The number of aromatic nitrogens is 3. The van der Waals surface area contributed by atoms with Crippen LogP contribution < -0.4 is 5.32 Å². The van der Waals surface area contributed by atoms with Gasteiger partial charge in [-0.05, 0) is 6.07 Å². The van der Waals surface area contributed by atoms with Gasteiger partial charge in [-0.3, -0.25) is 9.48 Å². The summed E-state index contributed by atoms with van der Waals surface area (Å²) < 4.78 is 31.3. The molecule has 6 nitrogen and oxygen atoms in total. The number of hydrogen-bond donors (Lipinski definition) is 1. The molecule has 0 bridgehead atoms. The third-order valence-electron chi connectivity index (χ3n) is 2.93. The zero-order valence-corrected chi connectivity index (χ0v) is 11.9. The van der Waals surface area contributed by atoms with Crippen molar-refractivity contribution in [3.8, 4) is 0 Å². The van der Waals surface area contributed by atoms with E-state index >= 15 is 0 Å². The summed E-state index contributed by atoms with van der Waals surface area (Å²) in [5.74, 6) is 0.429. The van der Waals surface area contributed by atoms with Crippen LogP contribution in [0, 0.1) is 0 Å². The molecule has 0 aliphatic carbocycles. The molecule has 0 saturated carbocycles. The fraction of sp³-hybridized carbons (Fsp3) is 0.462. The molecule has 0 aromatic carbocycles. The minimum atomic E-state index is -2.71. The van der Waals surface area contributed by atoms with Gasteiger partial charge in [0, 0.05) is 19.0 Å². The van der Waals surface area contributed by atoms with Crippen LogP contribution in [0.3, 0.4) is 0 Å². The van der Waals surface area contributed by atoms with E-state index in [-0.39, 0.29) is 18.2 Å². The maximum absolute atomic E-state index is 12.5. The molecule has 0 aliphatic rings. The predicted octanol–water partition coefficient (Wildman–Crippen LogP) is 2.40. The molecule has 114 valence electrons. The van der Waals surface area contributed by atoms with Gasteiger partial charge in [0.15, 0.2) is 0 Å². The Bertz CT molecular complexity index is 634. The third kappa shape index (κ3) is 3.45. The van der Waals surface area contributed by atoms with Crippen LogP contribution in [0.25, 0.3) is 0 Å². The lowest BCUT2D eigenvalue weighted by Crippen LogP contribution is -2.25. The molecule has 21 heavy (non-hydrogen) atoms. The lowest BCUT2D eigenvalue weighted by Gasteiger charge is -2.02. The van der Waals surface area contributed by atoms with Gasteiger partial charge in [0.1, 0.15) is 22.8 Å². The molecule has 0 saturated heterocycles. The zero-order valence-electron chi connectivity index (χ0n) is 11.9. The van der Waals surface area contributed by atoms with Gasteiger partial charge in [-0.15, -0.1) is 0 Å². The molecule has 0 aliphatic heterocycles. The number of alkyl halides is 2. The Morgan fingerprint density at radius 1 is 1.43 bits per heavy atom. The van der Waals surface area contributed by atoms with Gasteiger partial charge >= 0.3 is 0 Å². The summed E-state index contributed by atoms with van der Waals surface area (Å²) in [4.78, 5) is 11.9. The third-order valence-corrected chi connectivity index (χ3v) is 2.93. The molecule has 0 spiro atoms. The summed E-state index contributed by atoms with van der Waals surface area (Å²) in [6, 6.07) is 2.82. The minimum absolute atomic E-state index is 0.0675. The van der Waals surface area contributed by atoms with Gasteiger partial charge in [-0.25, -0.2) is 8.78 Å². The molecule has 1 amide bonds. The van der Waals surface area contributed by atoms with Gasteiger partial charge < -0.3 is 9.84 Å². The molecule has 0 atom stereocenters. The highest BCUT2D eigenvalue weighted by atomic mass is 19.3. The lowest BCUT2D eigenvalue weighted by molar-refractivity contribution is 0.0940. The van der Waals surface area contributed by atoms with Crippen molar-refractivity contribution in [3.05, 3.63) is 35.0 Å². The van der Waals surface area contributed by atoms with Crippen molar-refractivity contribution in [2.24, 2.45) is 7.05 Å². The van der Waals surface area contributed by atoms with E-state index in [1.807, 2.05) is 13.8 Å². The molecule has 1 N–H and O–H groups in total. The summed E-state index contributed by atoms with van der Waals surface area (Å²) in [5.41, 5.74) is 0.215. The van der Waals surface area contributed by atoms with Crippen LogP contribution >= 0.6 is 0 Å². The van der Waals surface area contributed by atoms with E-state index in [1.54, 1.807) is 6.07 Å². The van der Waals surface area contributed by atoms with Crippen LogP contribution in [0.4, 0.5) is 8.78 Å². The fourth-order valence-electron chi connectivity index (χ4n) is 1.75. The number of carbonyl (C=O) groups excluding carboxylic acids is 1. The maximum atomic E-state index is 12.5. The number of aryl methyl sites for hydroxylation is 1. The second-order valence-corrected chi connectivity index (χ2v) is 4.94. The van der Waals surface area contributed by atoms with Crippen LogP contribution in [0.15, 0.2) is 16.7 Å². The van der Waals surface area contributed by atoms with E-state index in [0.717, 1.165) is 16.5 Å². The predicted molar refractivity (Wildman–Crippen MR) is 69.9 cm³/mol. The van der Waals surface area contributed by atoms with Crippen molar-refractivity contribution < 1.29 is 18.1 Å². The number of nitrogens with one attached hydrogen (secondary N) is 1. The number of halogens is 2. The smallest absolute Gasteiger partial charge is 0.282 e. The van der Waals surface area contributed by atoms with Gasteiger partial charge in [0.2, 0.25) is 0 Å². The summed E-state index contributed by atoms with van der Waals surface area (Å²) in [7, 11) is 1.44. The van der Waals surface area contributed by atoms with E-state index in [9.17, 15) is 13.6 Å². The SMILES string of the molecule is CC(C)c1cc(CNC(=O)c2cc(C(F)F)nn2C)no1. The molecule has 0 radical (unpaired) electrons. The van der Waals surface area contributed by atoms with Crippen molar-refractivity contribution in [2.75, 3.05) is 0 Å². The molecule has 0 unspecified atom stereocenters. The molecular weight excluding hydrogens is 282 g/mol. The van der Waals surface area contributed by atoms with Crippen LogP contribution in [-0.4, -0.2) is 20.8 Å². The number of rotatable bonds is 5. The quantitative estimate of drug-likeness (QED) is 0.920. The first-order valence-corrected chi connectivity index (χ1v) is 6.44. The Morgan fingerprint density at radius 2 is 2.14 bits per heavy atom. The largest absolute Gasteiger partial charge is 0.361 e. The van der Waals surface area contributed by atoms with Crippen molar-refractivity contribution >= 4 is 5.91 Å². The summed E-state index contributed by atoms with van der Waals surface area (Å²) in [6.45, 7) is 4.08. The van der Waals surface area contributed by atoms with Crippen molar-refractivity contribution in [1.29, 1.82) is 0 Å². The Kier molecular flexibility index (Phi) is 4.35. The van der Waals surface area contributed by atoms with Gasteiger partial charge in [0.25, 0.3) is 12.3 Å². The number of nitrogens with zero attached hydrogens (tertiary/aromatic N) is 3. The van der Waals surface area contributed by atoms with Crippen LogP contribution in [0.5, 0.6) is 0 Å². The fourth-order valence-corrected chi connectivity index (χ4v) is 1.75. The second-order valence-electron chi connectivity index (χ2n) is 4.94. The first-order chi connectivity index (χ1) is 9.88. The maximum Gasteiger partial charge on any atom is 0.282 e. The standard InChI is InChI=1S/C13H16F2N4O2/c1-7(2)11-4-8(18-21-11)6-16-13(20)10-5-9(12(14)15)17-19(10)3/h4-5,7,12H,6H2,1-3H3,(H,16,20). The molecular formula is C13H16F2N4O2. The number of hydrogen-bond acceptors (Lipinski definition) is 4. The summed E-state index contributed by atoms with van der Waals surface area (Å²) in [5, 5.41) is 10.0. The van der Waals surface area contributed by atoms with E-state index < -0.39 is 18.0 Å². The van der Waals surface area contributed by atoms with Gasteiger partial charge in [-0.2, -0.15) is 5.10 Å². The number of carbonyl (C=O) groups is 1. The van der Waals surface area contributed by atoms with E-state index in [0.29, 0.717) is 5.69 Å². The summed E-state index contributed by atoms with van der Waals surface area (Å²) >= 11 is 0. The van der Waals surface area contributed by atoms with E-state index in [1.165, 1.54) is 7.05 Å². The van der Waals surface area contributed by atoms with Crippen molar-refractivity contribution in [2.45, 2.75) is 32.7 Å². The lowest BCUT2D eigenvalue weighted by atomic mass is 10.1. The normalized spacial score (nSPS) is 11.4. The summed E-state index contributed by atoms with van der Waals surface area (Å²) in [6.07, 6.45) is -2.71. The highest BCUT2D eigenvalue weighted by Crippen LogP contribution is 2.18. The van der Waals surface area contributed by atoms with Crippen molar-refractivity contribution in [1.82, 2.24) is 20.3 Å². The first kappa shape index (κ1) is 15.1. The topological polar surface area (TPSA) is 73.0 Å². The Labute approximate surface area is 120 Å². The Hall–Kier alpha value is -2.25. The Morgan fingerprint density at radius 3 is 2.67 bits per heavy atom. The molecule has 2 heterocycles. The highest BCUT2D eigenvalue weighted by Gasteiger charge is 2.18. The average molecular weight is 298 g/mol. The van der Waals surface area contributed by atoms with E-state index in [2.05, 4.69) is 15.6 Å².